The molecule has 0 atom stereocenters. The van der Waals surface area contributed by atoms with Gasteiger partial charge in [-0.3, -0.25) is 0 Å². The van der Waals surface area contributed by atoms with E-state index in [9.17, 15) is 4.39 Å². The highest BCUT2D eigenvalue weighted by molar-refractivity contribution is 6.33. The maximum absolute atomic E-state index is 14.7. The molecule has 0 N–H and O–H groups in total. The Morgan fingerprint density at radius 1 is 1.04 bits per heavy atom. The van der Waals surface area contributed by atoms with Crippen LogP contribution in [-0.4, -0.2) is 26.7 Å². The van der Waals surface area contributed by atoms with E-state index in [2.05, 4.69) is 15.1 Å². The number of fused-ring (bicyclic) bond motifs is 1. The quantitative estimate of drug-likeness (QED) is 0.551. The standard InChI is InChI=1S/C18H12ClFN4O/c1-25-17-15(14-12(19)8-5-9-13(14)20)16(11-6-3-2-4-7-11)24-18(23-17)21-10-22-24/h2-10H,1H3. The Labute approximate surface area is 147 Å². The summed E-state index contributed by atoms with van der Waals surface area (Å²) in [6.07, 6.45) is 1.39. The Morgan fingerprint density at radius 3 is 2.56 bits per heavy atom. The van der Waals surface area contributed by atoms with Crippen LogP contribution in [0, 0.1) is 5.82 Å². The third kappa shape index (κ3) is 2.51. The van der Waals surface area contributed by atoms with Gasteiger partial charge in [0, 0.05) is 11.1 Å². The molecule has 0 aliphatic carbocycles. The van der Waals surface area contributed by atoms with Crippen molar-refractivity contribution in [2.45, 2.75) is 0 Å². The van der Waals surface area contributed by atoms with Crippen LogP contribution in [0.25, 0.3) is 28.2 Å². The van der Waals surface area contributed by atoms with E-state index in [1.807, 2.05) is 30.3 Å². The Morgan fingerprint density at radius 2 is 1.84 bits per heavy atom. The predicted octanol–water partition coefficient (Wildman–Crippen LogP) is 4.26. The Kier molecular flexibility index (Phi) is 3.82. The molecule has 2 aromatic carbocycles. The van der Waals surface area contributed by atoms with Crippen LogP contribution in [0.3, 0.4) is 0 Å². The fraction of sp³-hybridized carbons (Fsp3) is 0.0556. The van der Waals surface area contributed by atoms with E-state index in [0.29, 0.717) is 17.0 Å². The zero-order chi connectivity index (χ0) is 17.4. The van der Waals surface area contributed by atoms with Crippen molar-refractivity contribution in [2.75, 3.05) is 7.11 Å². The lowest BCUT2D eigenvalue weighted by molar-refractivity contribution is 0.399. The van der Waals surface area contributed by atoms with E-state index in [1.165, 1.54) is 19.5 Å². The highest BCUT2D eigenvalue weighted by Crippen LogP contribution is 2.42. The molecule has 2 aromatic heterocycles. The van der Waals surface area contributed by atoms with Gasteiger partial charge in [0.1, 0.15) is 12.1 Å². The highest BCUT2D eigenvalue weighted by atomic mass is 35.5. The molecule has 0 aliphatic rings. The van der Waals surface area contributed by atoms with Crippen molar-refractivity contribution >= 4 is 17.4 Å². The van der Waals surface area contributed by atoms with Gasteiger partial charge >= 0.3 is 0 Å². The van der Waals surface area contributed by atoms with Gasteiger partial charge in [-0.05, 0) is 12.1 Å². The number of ether oxygens (including phenoxy) is 1. The minimum atomic E-state index is -0.468. The van der Waals surface area contributed by atoms with Crippen molar-refractivity contribution < 1.29 is 9.13 Å². The van der Waals surface area contributed by atoms with Gasteiger partial charge < -0.3 is 4.74 Å². The molecule has 5 nitrogen and oxygen atoms in total. The van der Waals surface area contributed by atoms with Gasteiger partial charge in [0.05, 0.1) is 23.4 Å². The van der Waals surface area contributed by atoms with Gasteiger partial charge in [0.15, 0.2) is 0 Å². The van der Waals surface area contributed by atoms with Crippen LogP contribution in [0.4, 0.5) is 4.39 Å². The maximum atomic E-state index is 14.7. The van der Waals surface area contributed by atoms with Crippen LogP contribution in [0.1, 0.15) is 0 Å². The molecule has 25 heavy (non-hydrogen) atoms. The van der Waals surface area contributed by atoms with E-state index in [-0.39, 0.29) is 16.5 Å². The summed E-state index contributed by atoms with van der Waals surface area (Å²) >= 11 is 6.31. The zero-order valence-corrected chi connectivity index (χ0v) is 13.9. The second-order valence-electron chi connectivity index (χ2n) is 5.28. The molecule has 2 heterocycles. The summed E-state index contributed by atoms with van der Waals surface area (Å²) in [5.41, 5.74) is 2.06. The molecule has 0 unspecified atom stereocenters. The van der Waals surface area contributed by atoms with E-state index in [1.54, 1.807) is 16.6 Å². The number of hydrogen-bond donors (Lipinski definition) is 0. The van der Waals surface area contributed by atoms with E-state index >= 15 is 0 Å². The number of halogens is 2. The van der Waals surface area contributed by atoms with Crippen molar-refractivity contribution in [2.24, 2.45) is 0 Å². The summed E-state index contributed by atoms with van der Waals surface area (Å²) < 4.78 is 21.6. The Bertz CT molecular complexity index is 1050. The third-order valence-electron chi connectivity index (χ3n) is 3.85. The zero-order valence-electron chi connectivity index (χ0n) is 13.1. The summed E-state index contributed by atoms with van der Waals surface area (Å²) in [5.74, 6) is 0.113. The van der Waals surface area contributed by atoms with Gasteiger partial charge in [-0.25, -0.2) is 4.39 Å². The Hall–Kier alpha value is -2.99. The predicted molar refractivity (Wildman–Crippen MR) is 93.2 cm³/mol. The monoisotopic (exact) mass is 354 g/mol. The molecular weight excluding hydrogens is 343 g/mol. The average Bonchev–Trinajstić information content (AvgIpc) is 3.09. The number of nitrogens with zero attached hydrogens (tertiary/aromatic N) is 4. The van der Waals surface area contributed by atoms with Gasteiger partial charge in [0.25, 0.3) is 5.78 Å². The smallest absolute Gasteiger partial charge is 0.256 e. The minimum Gasteiger partial charge on any atom is -0.480 e. The first kappa shape index (κ1) is 15.5. The second-order valence-corrected chi connectivity index (χ2v) is 5.69. The van der Waals surface area contributed by atoms with Gasteiger partial charge in [-0.1, -0.05) is 48.0 Å². The number of aromatic nitrogens is 4. The second kappa shape index (κ2) is 6.14. The lowest BCUT2D eigenvalue weighted by Gasteiger charge is -2.16. The third-order valence-corrected chi connectivity index (χ3v) is 4.16. The van der Waals surface area contributed by atoms with Crippen molar-refractivity contribution in [3.8, 4) is 28.3 Å². The number of benzene rings is 2. The van der Waals surface area contributed by atoms with Gasteiger partial charge in [-0.15, -0.1) is 0 Å². The van der Waals surface area contributed by atoms with Crippen LogP contribution in [0.5, 0.6) is 5.88 Å². The summed E-state index contributed by atoms with van der Waals surface area (Å²) in [7, 11) is 1.47. The van der Waals surface area contributed by atoms with E-state index in [0.717, 1.165) is 5.56 Å². The molecule has 0 saturated carbocycles. The summed E-state index contributed by atoms with van der Waals surface area (Å²) in [6.45, 7) is 0. The maximum Gasteiger partial charge on any atom is 0.256 e. The molecule has 0 bridgehead atoms. The van der Waals surface area contributed by atoms with E-state index < -0.39 is 5.82 Å². The summed E-state index contributed by atoms with van der Waals surface area (Å²) in [4.78, 5) is 8.47. The van der Waals surface area contributed by atoms with Crippen LogP contribution in [-0.2, 0) is 0 Å². The number of rotatable bonds is 3. The molecular formula is C18H12ClFN4O. The van der Waals surface area contributed by atoms with Crippen molar-refractivity contribution in [3.63, 3.8) is 0 Å². The van der Waals surface area contributed by atoms with Crippen LogP contribution >= 0.6 is 11.6 Å². The fourth-order valence-corrected chi connectivity index (χ4v) is 3.05. The lowest BCUT2D eigenvalue weighted by atomic mass is 9.99. The van der Waals surface area contributed by atoms with Crippen molar-refractivity contribution in [1.82, 2.24) is 19.6 Å². The average molecular weight is 355 g/mol. The largest absolute Gasteiger partial charge is 0.480 e. The topological polar surface area (TPSA) is 52.3 Å². The van der Waals surface area contributed by atoms with Crippen LogP contribution in [0.15, 0.2) is 54.9 Å². The first-order chi connectivity index (χ1) is 12.2. The molecule has 4 rings (SSSR count). The van der Waals surface area contributed by atoms with Crippen molar-refractivity contribution in [3.05, 3.63) is 65.7 Å². The van der Waals surface area contributed by atoms with Crippen LogP contribution < -0.4 is 4.74 Å². The highest BCUT2D eigenvalue weighted by Gasteiger charge is 2.24. The first-order valence-electron chi connectivity index (χ1n) is 7.48. The first-order valence-corrected chi connectivity index (χ1v) is 7.86. The minimum absolute atomic E-state index is 0.213. The number of hydrogen-bond acceptors (Lipinski definition) is 4. The SMILES string of the molecule is COc1nc2ncnn2c(-c2ccccc2)c1-c1c(F)cccc1Cl. The molecule has 0 amide bonds. The van der Waals surface area contributed by atoms with Crippen LogP contribution in [0.2, 0.25) is 5.02 Å². The van der Waals surface area contributed by atoms with Gasteiger partial charge in [0.2, 0.25) is 5.88 Å². The fourth-order valence-electron chi connectivity index (χ4n) is 2.80. The number of methoxy groups -OCH3 is 1. The lowest BCUT2D eigenvalue weighted by Crippen LogP contribution is -2.05. The summed E-state index contributed by atoms with van der Waals surface area (Å²) in [6, 6.07) is 14.0. The molecule has 4 aromatic rings. The molecule has 0 spiro atoms. The van der Waals surface area contributed by atoms with E-state index in [4.69, 9.17) is 16.3 Å². The Balaban J connectivity index is 2.20. The molecule has 7 heteroatoms. The molecule has 0 saturated heterocycles. The van der Waals surface area contributed by atoms with Gasteiger partial charge in [-0.2, -0.15) is 19.6 Å². The molecule has 0 aliphatic heterocycles. The molecule has 0 radical (unpaired) electrons. The normalized spacial score (nSPS) is 11.0. The van der Waals surface area contributed by atoms with Crippen molar-refractivity contribution in [1.29, 1.82) is 0 Å². The molecule has 0 fully saturated rings. The molecule has 124 valence electrons. The summed E-state index contributed by atoms with van der Waals surface area (Å²) in [5, 5.41) is 4.50.